The first kappa shape index (κ1) is 16.7. The molecule has 1 aromatic rings. The second-order valence-corrected chi connectivity index (χ2v) is 6.96. The Kier molecular flexibility index (Phi) is 5.57. The van der Waals surface area contributed by atoms with Gasteiger partial charge in [0.15, 0.2) is 0 Å². The van der Waals surface area contributed by atoms with Gasteiger partial charge in [-0.05, 0) is 56.8 Å². The van der Waals surface area contributed by atoms with Crippen LogP contribution in [0.2, 0.25) is 0 Å². The normalized spacial score (nSPS) is 28.9. The second-order valence-electron chi connectivity index (χ2n) is 6.96. The predicted molar refractivity (Wildman–Crippen MR) is 90.9 cm³/mol. The second kappa shape index (κ2) is 7.65. The fourth-order valence-corrected chi connectivity index (χ4v) is 3.87. The Bertz CT molecular complexity index is 519. The summed E-state index contributed by atoms with van der Waals surface area (Å²) in [5.41, 5.74) is 2.41. The summed E-state index contributed by atoms with van der Waals surface area (Å²) >= 11 is 0. The van der Waals surface area contributed by atoms with Gasteiger partial charge in [0.05, 0.1) is 12.7 Å². The van der Waals surface area contributed by atoms with Crippen molar-refractivity contribution in [3.63, 3.8) is 0 Å². The van der Waals surface area contributed by atoms with Gasteiger partial charge in [-0.25, -0.2) is 0 Å². The van der Waals surface area contributed by atoms with Crippen molar-refractivity contribution in [2.24, 2.45) is 5.92 Å². The number of aliphatic hydroxyl groups is 1. The largest absolute Gasteiger partial charge is 0.492 e. The lowest BCUT2D eigenvalue weighted by Gasteiger charge is -2.37. The van der Waals surface area contributed by atoms with Crippen molar-refractivity contribution < 1.29 is 14.6 Å². The lowest BCUT2D eigenvalue weighted by atomic mass is 9.89. The number of hydrogen-bond donors (Lipinski definition) is 1. The van der Waals surface area contributed by atoms with Crippen molar-refractivity contribution in [3.05, 3.63) is 29.3 Å². The molecule has 0 unspecified atom stereocenters. The quantitative estimate of drug-likeness (QED) is 0.906. The van der Waals surface area contributed by atoms with Crippen LogP contribution < -0.4 is 4.74 Å². The molecule has 1 N–H and O–H groups in total. The van der Waals surface area contributed by atoms with Crippen molar-refractivity contribution in [2.45, 2.75) is 45.3 Å². The number of hydrogen-bond acceptors (Lipinski definition) is 4. The van der Waals surface area contributed by atoms with Crippen LogP contribution in [0.4, 0.5) is 0 Å². The van der Waals surface area contributed by atoms with Crippen LogP contribution in [-0.4, -0.2) is 55.1 Å². The number of aryl methyl sites for hydroxylation is 2. The summed E-state index contributed by atoms with van der Waals surface area (Å²) in [5, 5.41) is 10.3. The number of nitrogens with zero attached hydrogens (tertiary/aromatic N) is 1. The standard InChI is InChI=1S/C19H29NO3/c1-14-5-6-15(2)19(12-14)23-11-9-20-8-3-4-17(20)16-13-22-10-7-18(16)21/h5-6,12,16-18,21H,3-4,7-11,13H2,1-2H3/t16-,17-,18+/m1/s1. The van der Waals surface area contributed by atoms with E-state index < -0.39 is 0 Å². The van der Waals surface area contributed by atoms with Gasteiger partial charge in [0.2, 0.25) is 0 Å². The number of rotatable bonds is 5. The van der Waals surface area contributed by atoms with Gasteiger partial charge < -0.3 is 14.6 Å². The van der Waals surface area contributed by atoms with Crippen LogP contribution in [0.15, 0.2) is 18.2 Å². The van der Waals surface area contributed by atoms with Crippen LogP contribution in [0.5, 0.6) is 5.75 Å². The molecular formula is C19H29NO3. The summed E-state index contributed by atoms with van der Waals surface area (Å²) in [6.45, 7) is 8.28. The monoisotopic (exact) mass is 319 g/mol. The van der Waals surface area contributed by atoms with Crippen LogP contribution in [0, 0.1) is 19.8 Å². The zero-order valence-electron chi connectivity index (χ0n) is 14.3. The van der Waals surface area contributed by atoms with Crippen LogP contribution in [0.1, 0.15) is 30.4 Å². The fourth-order valence-electron chi connectivity index (χ4n) is 3.87. The summed E-state index contributed by atoms with van der Waals surface area (Å²) in [4.78, 5) is 2.48. The van der Waals surface area contributed by atoms with Crippen LogP contribution in [0.3, 0.4) is 0 Å². The maximum Gasteiger partial charge on any atom is 0.122 e. The van der Waals surface area contributed by atoms with Crippen molar-refractivity contribution >= 4 is 0 Å². The van der Waals surface area contributed by atoms with Gasteiger partial charge in [0, 0.05) is 25.1 Å². The van der Waals surface area contributed by atoms with Gasteiger partial charge in [-0.15, -0.1) is 0 Å². The van der Waals surface area contributed by atoms with Gasteiger partial charge in [0.1, 0.15) is 12.4 Å². The minimum atomic E-state index is -0.214. The third kappa shape index (κ3) is 4.06. The van der Waals surface area contributed by atoms with Gasteiger partial charge in [-0.2, -0.15) is 0 Å². The molecule has 2 heterocycles. The van der Waals surface area contributed by atoms with Crippen LogP contribution >= 0.6 is 0 Å². The van der Waals surface area contributed by atoms with Crippen molar-refractivity contribution in [1.82, 2.24) is 4.90 Å². The highest BCUT2D eigenvalue weighted by atomic mass is 16.5. The fraction of sp³-hybridized carbons (Fsp3) is 0.684. The minimum absolute atomic E-state index is 0.214. The first-order valence-corrected chi connectivity index (χ1v) is 8.85. The summed E-state index contributed by atoms with van der Waals surface area (Å²) in [7, 11) is 0. The molecule has 4 nitrogen and oxygen atoms in total. The molecule has 3 atom stereocenters. The Morgan fingerprint density at radius 3 is 3.00 bits per heavy atom. The maximum absolute atomic E-state index is 10.3. The Morgan fingerprint density at radius 2 is 2.17 bits per heavy atom. The molecule has 2 aliphatic rings. The van der Waals surface area contributed by atoms with Crippen molar-refractivity contribution in [1.29, 1.82) is 0 Å². The number of aliphatic hydroxyl groups excluding tert-OH is 1. The van der Waals surface area contributed by atoms with E-state index in [-0.39, 0.29) is 12.0 Å². The van der Waals surface area contributed by atoms with E-state index in [2.05, 4.69) is 36.9 Å². The zero-order chi connectivity index (χ0) is 16.2. The lowest BCUT2D eigenvalue weighted by Crippen LogP contribution is -2.47. The average Bonchev–Trinajstić information content (AvgIpc) is 2.99. The van der Waals surface area contributed by atoms with Gasteiger partial charge in [0.25, 0.3) is 0 Å². The highest BCUT2D eigenvalue weighted by Gasteiger charge is 2.37. The molecule has 0 amide bonds. The van der Waals surface area contributed by atoms with Crippen LogP contribution in [-0.2, 0) is 4.74 Å². The molecule has 0 saturated carbocycles. The number of likely N-dealkylation sites (tertiary alicyclic amines) is 1. The van der Waals surface area contributed by atoms with E-state index in [0.29, 0.717) is 25.9 Å². The predicted octanol–water partition coefficient (Wildman–Crippen LogP) is 2.54. The van der Waals surface area contributed by atoms with E-state index >= 15 is 0 Å². The Labute approximate surface area is 139 Å². The highest BCUT2D eigenvalue weighted by Crippen LogP contribution is 2.29. The summed E-state index contributed by atoms with van der Waals surface area (Å²) in [6.07, 6.45) is 2.93. The SMILES string of the molecule is Cc1ccc(C)c(OCCN2CCC[C@@H]2[C@H]2COCC[C@@H]2O)c1. The van der Waals surface area contributed by atoms with Crippen molar-refractivity contribution in [2.75, 3.05) is 32.9 Å². The third-order valence-electron chi connectivity index (χ3n) is 5.25. The molecule has 2 saturated heterocycles. The first-order chi connectivity index (χ1) is 11.1. The third-order valence-corrected chi connectivity index (χ3v) is 5.25. The molecule has 0 aliphatic carbocycles. The van der Waals surface area contributed by atoms with E-state index in [1.54, 1.807) is 0 Å². The summed E-state index contributed by atoms with van der Waals surface area (Å²) in [6, 6.07) is 6.77. The van der Waals surface area contributed by atoms with Gasteiger partial charge in [-0.1, -0.05) is 12.1 Å². The van der Waals surface area contributed by atoms with E-state index in [4.69, 9.17) is 9.47 Å². The summed E-state index contributed by atoms with van der Waals surface area (Å²) < 4.78 is 11.6. The molecule has 23 heavy (non-hydrogen) atoms. The molecule has 0 spiro atoms. The summed E-state index contributed by atoms with van der Waals surface area (Å²) in [5.74, 6) is 1.24. The Morgan fingerprint density at radius 1 is 1.30 bits per heavy atom. The average molecular weight is 319 g/mol. The Balaban J connectivity index is 1.53. The highest BCUT2D eigenvalue weighted by molar-refractivity contribution is 5.35. The maximum atomic E-state index is 10.3. The molecule has 3 rings (SSSR count). The molecule has 1 aromatic carbocycles. The Hall–Kier alpha value is -1.10. The molecule has 4 heteroatoms. The van der Waals surface area contributed by atoms with Crippen molar-refractivity contribution in [3.8, 4) is 5.75 Å². The van der Waals surface area contributed by atoms with E-state index in [0.717, 1.165) is 31.7 Å². The number of ether oxygens (including phenoxy) is 2. The smallest absolute Gasteiger partial charge is 0.122 e. The number of benzene rings is 1. The molecule has 0 bridgehead atoms. The topological polar surface area (TPSA) is 41.9 Å². The zero-order valence-corrected chi connectivity index (χ0v) is 14.3. The molecule has 128 valence electrons. The molecule has 2 fully saturated rings. The molecule has 0 radical (unpaired) electrons. The minimum Gasteiger partial charge on any atom is -0.492 e. The van der Waals surface area contributed by atoms with Gasteiger partial charge >= 0.3 is 0 Å². The first-order valence-electron chi connectivity index (χ1n) is 8.85. The van der Waals surface area contributed by atoms with Gasteiger partial charge in [-0.3, -0.25) is 4.90 Å². The molecule has 2 aliphatic heterocycles. The van der Waals surface area contributed by atoms with E-state index in [1.807, 2.05) is 0 Å². The van der Waals surface area contributed by atoms with E-state index in [9.17, 15) is 5.11 Å². The molecular weight excluding hydrogens is 290 g/mol. The lowest BCUT2D eigenvalue weighted by molar-refractivity contribution is -0.0634. The van der Waals surface area contributed by atoms with E-state index in [1.165, 1.54) is 17.5 Å². The molecule has 0 aromatic heterocycles. The van der Waals surface area contributed by atoms with Crippen LogP contribution in [0.25, 0.3) is 0 Å².